The van der Waals surface area contributed by atoms with E-state index in [2.05, 4.69) is 42.9 Å². The number of aryl methyl sites for hydroxylation is 1. The molecule has 1 aromatic heterocycles. The van der Waals surface area contributed by atoms with Gasteiger partial charge in [0.2, 0.25) is 0 Å². The SMILES string of the molecule is CCCNC(CCc1ccsc1)C1CCC(C(C)C)CC1. The Morgan fingerprint density at radius 1 is 1.19 bits per heavy atom. The lowest BCUT2D eigenvalue weighted by Gasteiger charge is -2.36. The predicted molar refractivity (Wildman–Crippen MR) is 95.0 cm³/mol. The second kappa shape index (κ2) is 8.95. The van der Waals surface area contributed by atoms with Crippen LogP contribution in [0, 0.1) is 17.8 Å². The van der Waals surface area contributed by atoms with Crippen molar-refractivity contribution in [1.82, 2.24) is 5.32 Å². The van der Waals surface area contributed by atoms with Gasteiger partial charge in [-0.05, 0) is 91.6 Å². The number of rotatable bonds is 8. The van der Waals surface area contributed by atoms with Crippen molar-refractivity contribution in [1.29, 1.82) is 0 Å². The fourth-order valence-electron chi connectivity index (χ4n) is 3.81. The maximum absolute atomic E-state index is 3.85. The first kappa shape index (κ1) is 17.0. The zero-order valence-electron chi connectivity index (χ0n) is 14.1. The van der Waals surface area contributed by atoms with E-state index in [1.54, 1.807) is 0 Å². The number of hydrogen-bond donors (Lipinski definition) is 1. The van der Waals surface area contributed by atoms with Gasteiger partial charge in [0, 0.05) is 6.04 Å². The molecule has 1 unspecified atom stereocenters. The molecular formula is C19H33NS. The van der Waals surface area contributed by atoms with Crippen LogP contribution >= 0.6 is 11.3 Å². The van der Waals surface area contributed by atoms with Crippen molar-refractivity contribution < 1.29 is 0 Å². The maximum atomic E-state index is 3.85. The van der Waals surface area contributed by atoms with E-state index in [9.17, 15) is 0 Å². The summed E-state index contributed by atoms with van der Waals surface area (Å²) in [6, 6.07) is 3.02. The number of hydrogen-bond acceptors (Lipinski definition) is 2. The molecule has 1 aliphatic rings. The van der Waals surface area contributed by atoms with Crippen molar-refractivity contribution in [2.45, 2.75) is 71.8 Å². The van der Waals surface area contributed by atoms with Gasteiger partial charge in [-0.3, -0.25) is 0 Å². The molecule has 0 amide bonds. The molecule has 0 aromatic carbocycles. The summed E-state index contributed by atoms with van der Waals surface area (Å²) in [4.78, 5) is 0. The topological polar surface area (TPSA) is 12.0 Å². The predicted octanol–water partition coefficient (Wildman–Crippen LogP) is 5.51. The quantitative estimate of drug-likeness (QED) is 0.667. The van der Waals surface area contributed by atoms with E-state index in [1.807, 2.05) is 11.3 Å². The van der Waals surface area contributed by atoms with Crippen molar-refractivity contribution in [3.8, 4) is 0 Å². The zero-order chi connectivity index (χ0) is 15.1. The lowest BCUT2D eigenvalue weighted by Crippen LogP contribution is -2.39. The standard InChI is InChI=1S/C19H33NS/c1-4-12-20-19(10-5-16-11-13-21-14-16)18-8-6-17(7-9-18)15(2)3/h11,13-15,17-20H,4-10,12H2,1-3H3. The highest BCUT2D eigenvalue weighted by molar-refractivity contribution is 7.07. The van der Waals surface area contributed by atoms with Gasteiger partial charge in [0.1, 0.15) is 0 Å². The first-order valence-electron chi connectivity index (χ1n) is 8.95. The molecule has 1 aromatic rings. The van der Waals surface area contributed by atoms with Crippen LogP contribution in [0.5, 0.6) is 0 Å². The normalized spacial score (nSPS) is 24.4. The third-order valence-corrected chi connectivity index (χ3v) is 6.04. The van der Waals surface area contributed by atoms with Gasteiger partial charge in [-0.2, -0.15) is 11.3 Å². The summed E-state index contributed by atoms with van der Waals surface area (Å²) >= 11 is 1.83. The van der Waals surface area contributed by atoms with Crippen LogP contribution in [0.1, 0.15) is 64.9 Å². The van der Waals surface area contributed by atoms with E-state index in [0.717, 1.165) is 23.8 Å². The van der Waals surface area contributed by atoms with E-state index in [1.165, 1.54) is 57.1 Å². The lowest BCUT2D eigenvalue weighted by molar-refractivity contribution is 0.184. The number of thiophene rings is 1. The molecule has 120 valence electrons. The van der Waals surface area contributed by atoms with Crippen molar-refractivity contribution in [3.05, 3.63) is 22.4 Å². The first-order chi connectivity index (χ1) is 10.2. The fraction of sp³-hybridized carbons (Fsp3) is 0.789. The molecule has 0 bridgehead atoms. The van der Waals surface area contributed by atoms with E-state index in [0.29, 0.717) is 0 Å². The molecule has 1 heterocycles. The summed E-state index contributed by atoms with van der Waals surface area (Å²) in [5.74, 6) is 2.76. The van der Waals surface area contributed by atoms with Crippen LogP contribution < -0.4 is 5.32 Å². The second-order valence-electron chi connectivity index (χ2n) is 7.15. The fourth-order valence-corrected chi connectivity index (χ4v) is 4.51. The largest absolute Gasteiger partial charge is 0.314 e. The van der Waals surface area contributed by atoms with Crippen molar-refractivity contribution in [3.63, 3.8) is 0 Å². The molecule has 0 radical (unpaired) electrons. The highest BCUT2D eigenvalue weighted by atomic mass is 32.1. The molecule has 2 rings (SSSR count). The Hall–Kier alpha value is -0.340. The smallest absolute Gasteiger partial charge is 0.00984 e. The first-order valence-corrected chi connectivity index (χ1v) is 9.89. The van der Waals surface area contributed by atoms with E-state index >= 15 is 0 Å². The molecule has 1 fully saturated rings. The minimum absolute atomic E-state index is 0.734. The lowest BCUT2D eigenvalue weighted by atomic mass is 9.73. The Labute approximate surface area is 135 Å². The molecule has 1 atom stereocenters. The molecule has 1 nitrogen and oxygen atoms in total. The average molecular weight is 308 g/mol. The molecular weight excluding hydrogens is 274 g/mol. The monoisotopic (exact) mass is 307 g/mol. The van der Waals surface area contributed by atoms with Crippen LogP contribution in [0.3, 0.4) is 0 Å². The maximum Gasteiger partial charge on any atom is 0.00984 e. The van der Waals surface area contributed by atoms with E-state index in [-0.39, 0.29) is 0 Å². The Balaban J connectivity index is 1.83. The van der Waals surface area contributed by atoms with Gasteiger partial charge in [0.05, 0.1) is 0 Å². The Morgan fingerprint density at radius 3 is 2.48 bits per heavy atom. The third kappa shape index (κ3) is 5.41. The van der Waals surface area contributed by atoms with E-state index < -0.39 is 0 Å². The summed E-state index contributed by atoms with van der Waals surface area (Å²) < 4.78 is 0. The molecule has 21 heavy (non-hydrogen) atoms. The van der Waals surface area contributed by atoms with Gasteiger partial charge in [-0.1, -0.05) is 20.8 Å². The van der Waals surface area contributed by atoms with Crippen LogP contribution in [0.25, 0.3) is 0 Å². The van der Waals surface area contributed by atoms with Crippen molar-refractivity contribution in [2.75, 3.05) is 6.54 Å². The van der Waals surface area contributed by atoms with Crippen LogP contribution in [0.2, 0.25) is 0 Å². The molecule has 1 aliphatic carbocycles. The van der Waals surface area contributed by atoms with Crippen LogP contribution in [-0.2, 0) is 6.42 Å². The average Bonchev–Trinajstić information content (AvgIpc) is 3.01. The summed E-state index contributed by atoms with van der Waals surface area (Å²) in [6.07, 6.45) is 9.58. The number of nitrogens with one attached hydrogen (secondary N) is 1. The van der Waals surface area contributed by atoms with Crippen molar-refractivity contribution in [2.24, 2.45) is 17.8 Å². The minimum atomic E-state index is 0.734. The van der Waals surface area contributed by atoms with Gasteiger partial charge >= 0.3 is 0 Å². The molecule has 1 N–H and O–H groups in total. The molecule has 0 saturated heterocycles. The Bertz CT molecular complexity index is 363. The zero-order valence-corrected chi connectivity index (χ0v) is 14.9. The van der Waals surface area contributed by atoms with Gasteiger partial charge in [0.25, 0.3) is 0 Å². The van der Waals surface area contributed by atoms with Gasteiger partial charge < -0.3 is 5.32 Å². The molecule has 0 aliphatic heterocycles. The van der Waals surface area contributed by atoms with Crippen molar-refractivity contribution >= 4 is 11.3 Å². The highest BCUT2D eigenvalue weighted by Gasteiger charge is 2.28. The summed E-state index contributed by atoms with van der Waals surface area (Å²) in [5.41, 5.74) is 1.53. The summed E-state index contributed by atoms with van der Waals surface area (Å²) in [6.45, 7) is 8.25. The van der Waals surface area contributed by atoms with Crippen LogP contribution in [-0.4, -0.2) is 12.6 Å². The van der Waals surface area contributed by atoms with Gasteiger partial charge in [-0.15, -0.1) is 0 Å². The molecule has 2 heteroatoms. The summed E-state index contributed by atoms with van der Waals surface area (Å²) in [7, 11) is 0. The molecule has 0 spiro atoms. The minimum Gasteiger partial charge on any atom is -0.314 e. The van der Waals surface area contributed by atoms with E-state index in [4.69, 9.17) is 0 Å². The van der Waals surface area contributed by atoms with Gasteiger partial charge in [-0.25, -0.2) is 0 Å². The Morgan fingerprint density at radius 2 is 1.90 bits per heavy atom. The third-order valence-electron chi connectivity index (χ3n) is 5.31. The van der Waals surface area contributed by atoms with Gasteiger partial charge in [0.15, 0.2) is 0 Å². The van der Waals surface area contributed by atoms with Crippen LogP contribution in [0.15, 0.2) is 16.8 Å². The summed E-state index contributed by atoms with van der Waals surface area (Å²) in [5, 5.41) is 8.37. The second-order valence-corrected chi connectivity index (χ2v) is 7.93. The molecule has 1 saturated carbocycles. The Kier molecular flexibility index (Phi) is 7.25. The van der Waals surface area contributed by atoms with Crippen LogP contribution in [0.4, 0.5) is 0 Å². The highest BCUT2D eigenvalue weighted by Crippen LogP contribution is 2.35.